The fourth-order valence-corrected chi connectivity index (χ4v) is 2.56. The Balaban J connectivity index is 1.53. The van der Waals surface area contributed by atoms with E-state index in [1.165, 1.54) is 22.9 Å². The molecule has 0 spiro atoms. The maximum absolute atomic E-state index is 12.1. The fourth-order valence-electron chi connectivity index (χ4n) is 2.56. The lowest BCUT2D eigenvalue weighted by Gasteiger charge is -2.31. The maximum atomic E-state index is 12.1. The summed E-state index contributed by atoms with van der Waals surface area (Å²) in [4.78, 5) is 25.9. The van der Waals surface area contributed by atoms with E-state index in [2.05, 4.69) is 15.0 Å². The lowest BCUT2D eigenvalue weighted by atomic mass is 10.0. The van der Waals surface area contributed by atoms with Crippen LogP contribution in [-0.2, 0) is 11.3 Å². The first-order valence-corrected chi connectivity index (χ1v) is 8.23. The van der Waals surface area contributed by atoms with Crippen molar-refractivity contribution in [1.29, 1.82) is 0 Å². The van der Waals surface area contributed by atoms with E-state index in [0.717, 1.165) is 12.1 Å². The molecule has 1 amide bonds. The predicted molar refractivity (Wildman–Crippen MR) is 90.6 cm³/mol. The standard InChI is InChI=1S/C16H15F3N4O6/c1-15(6-7-22-8-12(23(25)26)21-13(22)29-15)9-27-14(24)20-10-2-4-11(5-3-10)28-16(17,18)19/h2-5,8H,6-7,9H2,1H3,(H,20,24)/t15-/m0/s1. The molecular formula is C16H15F3N4O6. The molecule has 0 unspecified atom stereocenters. The van der Waals surface area contributed by atoms with Crippen molar-refractivity contribution in [2.24, 2.45) is 0 Å². The van der Waals surface area contributed by atoms with Gasteiger partial charge in [-0.2, -0.15) is 0 Å². The molecular weight excluding hydrogens is 401 g/mol. The molecule has 2 heterocycles. The summed E-state index contributed by atoms with van der Waals surface area (Å²) in [6.45, 7) is 1.88. The van der Waals surface area contributed by atoms with Gasteiger partial charge in [0.1, 0.15) is 24.2 Å². The molecule has 3 rings (SSSR count). The lowest BCUT2D eigenvalue weighted by Crippen LogP contribution is -2.43. The number of hydrogen-bond donors (Lipinski definition) is 1. The number of carbonyl (C=O) groups excluding carboxylic acids is 1. The zero-order valence-electron chi connectivity index (χ0n) is 14.9. The molecule has 0 saturated heterocycles. The number of hydrogen-bond acceptors (Lipinski definition) is 7. The Morgan fingerprint density at radius 1 is 1.41 bits per heavy atom. The highest BCUT2D eigenvalue weighted by Gasteiger charge is 2.38. The molecule has 10 nitrogen and oxygen atoms in total. The first kappa shape index (κ1) is 20.2. The number of ether oxygens (including phenoxy) is 3. The van der Waals surface area contributed by atoms with E-state index in [1.807, 2.05) is 0 Å². The van der Waals surface area contributed by atoms with Crippen molar-refractivity contribution < 1.29 is 37.1 Å². The molecule has 1 N–H and O–H groups in total. The largest absolute Gasteiger partial charge is 0.573 e. The van der Waals surface area contributed by atoms with Crippen molar-refractivity contribution in [3.05, 3.63) is 40.6 Å². The summed E-state index contributed by atoms with van der Waals surface area (Å²) in [5.41, 5.74) is -0.748. The number of nitrogens with one attached hydrogen (secondary N) is 1. The number of rotatable bonds is 5. The van der Waals surface area contributed by atoms with E-state index in [4.69, 9.17) is 9.47 Å². The summed E-state index contributed by atoms with van der Waals surface area (Å²) in [5, 5.41) is 13.2. The number of anilines is 1. The average molecular weight is 416 g/mol. The van der Waals surface area contributed by atoms with Gasteiger partial charge in [0, 0.05) is 23.6 Å². The van der Waals surface area contributed by atoms with Gasteiger partial charge in [0.25, 0.3) is 0 Å². The Morgan fingerprint density at radius 3 is 2.72 bits per heavy atom. The van der Waals surface area contributed by atoms with Crippen LogP contribution in [0.15, 0.2) is 30.5 Å². The van der Waals surface area contributed by atoms with Crippen LogP contribution in [0.5, 0.6) is 11.8 Å². The van der Waals surface area contributed by atoms with Crippen molar-refractivity contribution in [2.45, 2.75) is 31.9 Å². The highest BCUT2D eigenvalue weighted by atomic mass is 19.4. The van der Waals surface area contributed by atoms with Gasteiger partial charge in [0.15, 0.2) is 0 Å². The molecule has 1 atom stereocenters. The van der Waals surface area contributed by atoms with Gasteiger partial charge in [-0.3, -0.25) is 9.88 Å². The molecule has 0 fully saturated rings. The number of fused-ring (bicyclic) bond motifs is 1. The van der Waals surface area contributed by atoms with Gasteiger partial charge in [-0.05, 0) is 36.1 Å². The number of alkyl halides is 3. The van der Waals surface area contributed by atoms with E-state index in [9.17, 15) is 28.1 Å². The second kappa shape index (κ2) is 7.48. The van der Waals surface area contributed by atoms with E-state index in [0.29, 0.717) is 13.0 Å². The Kier molecular flexibility index (Phi) is 5.22. The van der Waals surface area contributed by atoms with E-state index >= 15 is 0 Å². The molecule has 1 aromatic carbocycles. The molecule has 1 aromatic heterocycles. The Labute approximate surface area is 161 Å². The Hall–Kier alpha value is -3.51. The minimum atomic E-state index is -4.81. The topological polar surface area (TPSA) is 118 Å². The van der Waals surface area contributed by atoms with Crippen LogP contribution in [0.3, 0.4) is 0 Å². The molecule has 13 heteroatoms. The number of amides is 1. The van der Waals surface area contributed by atoms with Crippen molar-refractivity contribution in [1.82, 2.24) is 9.55 Å². The molecule has 0 radical (unpaired) electrons. The molecule has 1 aliphatic rings. The summed E-state index contributed by atoms with van der Waals surface area (Å²) in [7, 11) is 0. The van der Waals surface area contributed by atoms with E-state index < -0.39 is 28.7 Å². The number of halogens is 3. The van der Waals surface area contributed by atoms with Gasteiger partial charge in [0.2, 0.25) is 0 Å². The summed E-state index contributed by atoms with van der Waals surface area (Å²) in [6, 6.07) is 4.58. The van der Waals surface area contributed by atoms with Crippen molar-refractivity contribution in [2.75, 3.05) is 11.9 Å². The third-order valence-corrected chi connectivity index (χ3v) is 3.98. The number of aryl methyl sites for hydroxylation is 1. The van der Waals surface area contributed by atoms with Crippen LogP contribution in [0.2, 0.25) is 0 Å². The van der Waals surface area contributed by atoms with Crippen LogP contribution in [0.1, 0.15) is 13.3 Å². The van der Waals surface area contributed by atoms with Gasteiger partial charge in [0.05, 0.1) is 0 Å². The second-order valence-electron chi connectivity index (χ2n) is 6.41. The smallest absolute Gasteiger partial charge is 0.445 e. The molecule has 0 bridgehead atoms. The zero-order valence-corrected chi connectivity index (χ0v) is 14.9. The maximum Gasteiger partial charge on any atom is 0.573 e. The van der Waals surface area contributed by atoms with Crippen LogP contribution < -0.4 is 14.8 Å². The molecule has 0 aliphatic carbocycles. The first-order valence-electron chi connectivity index (χ1n) is 8.23. The predicted octanol–water partition coefficient (Wildman–Crippen LogP) is 3.48. The van der Waals surface area contributed by atoms with Crippen molar-refractivity contribution in [3.63, 3.8) is 0 Å². The van der Waals surface area contributed by atoms with Gasteiger partial charge in [-0.15, -0.1) is 13.2 Å². The number of nitrogens with zero attached hydrogens (tertiary/aromatic N) is 3. The van der Waals surface area contributed by atoms with Gasteiger partial charge in [-0.1, -0.05) is 0 Å². The molecule has 156 valence electrons. The second-order valence-corrected chi connectivity index (χ2v) is 6.41. The van der Waals surface area contributed by atoms with Crippen LogP contribution in [0.25, 0.3) is 0 Å². The van der Waals surface area contributed by atoms with Crippen LogP contribution in [-0.4, -0.2) is 39.1 Å². The van der Waals surface area contributed by atoms with Crippen molar-refractivity contribution >= 4 is 17.6 Å². The normalized spacial score (nSPS) is 18.3. The minimum absolute atomic E-state index is 0.0507. The van der Waals surface area contributed by atoms with Crippen LogP contribution in [0.4, 0.5) is 29.5 Å². The lowest BCUT2D eigenvalue weighted by molar-refractivity contribution is -0.389. The number of carbonyl (C=O) groups is 1. The highest BCUT2D eigenvalue weighted by molar-refractivity contribution is 5.84. The highest BCUT2D eigenvalue weighted by Crippen LogP contribution is 2.30. The average Bonchev–Trinajstić information content (AvgIpc) is 3.04. The van der Waals surface area contributed by atoms with E-state index in [1.54, 1.807) is 6.92 Å². The van der Waals surface area contributed by atoms with Crippen molar-refractivity contribution in [3.8, 4) is 11.8 Å². The molecule has 2 aromatic rings. The third-order valence-electron chi connectivity index (χ3n) is 3.98. The van der Waals surface area contributed by atoms with Gasteiger partial charge >= 0.3 is 24.3 Å². The summed E-state index contributed by atoms with van der Waals surface area (Å²) >= 11 is 0. The quantitative estimate of drug-likeness (QED) is 0.586. The number of benzene rings is 1. The molecule has 0 saturated carbocycles. The summed E-state index contributed by atoms with van der Waals surface area (Å²) in [5.74, 6) is -0.773. The zero-order chi connectivity index (χ0) is 21.2. The fraction of sp³-hybridized carbons (Fsp3) is 0.375. The Bertz CT molecular complexity index is 914. The van der Waals surface area contributed by atoms with Crippen LogP contribution >= 0.6 is 0 Å². The van der Waals surface area contributed by atoms with Crippen LogP contribution in [0, 0.1) is 10.1 Å². The molecule has 1 aliphatic heterocycles. The first-order chi connectivity index (χ1) is 13.5. The SMILES string of the molecule is C[C@@]1(COC(=O)Nc2ccc(OC(F)(F)F)cc2)CCn2cc([N+](=O)[O-])nc2O1. The number of nitro groups is 1. The Morgan fingerprint density at radius 2 is 2.10 bits per heavy atom. The number of imidazole rings is 1. The monoisotopic (exact) mass is 416 g/mol. The number of aromatic nitrogens is 2. The molecule has 29 heavy (non-hydrogen) atoms. The van der Waals surface area contributed by atoms with E-state index in [-0.39, 0.29) is 24.1 Å². The minimum Gasteiger partial charge on any atom is -0.445 e. The van der Waals surface area contributed by atoms with Gasteiger partial charge in [-0.25, -0.2) is 4.79 Å². The van der Waals surface area contributed by atoms with Gasteiger partial charge < -0.3 is 24.3 Å². The third kappa shape index (κ3) is 5.27. The summed E-state index contributed by atoms with van der Waals surface area (Å²) in [6.07, 6.45) is -3.99. The summed E-state index contributed by atoms with van der Waals surface area (Å²) < 4.78 is 52.4.